The molecule has 0 aliphatic rings. The molecule has 0 aliphatic heterocycles. The van der Waals surface area contributed by atoms with Gasteiger partial charge in [0.1, 0.15) is 5.82 Å². The molecule has 0 atom stereocenters. The van der Waals surface area contributed by atoms with E-state index in [1.807, 2.05) is 0 Å². The highest BCUT2D eigenvalue weighted by atomic mass is 15.1. The molecule has 0 saturated carbocycles. The Kier molecular flexibility index (Phi) is 7.57. The lowest BCUT2D eigenvalue weighted by molar-refractivity contribution is 1.11. The summed E-state index contributed by atoms with van der Waals surface area (Å²) in [6, 6.07) is 79.6. The van der Waals surface area contributed by atoms with Crippen LogP contribution in [0.2, 0.25) is 0 Å². The predicted octanol–water partition coefficient (Wildman–Crippen LogP) is 15.5. The van der Waals surface area contributed by atoms with Gasteiger partial charge in [0.25, 0.3) is 0 Å². The fraction of sp³-hybridized carbons (Fsp3) is 0. The van der Waals surface area contributed by atoms with Crippen molar-refractivity contribution in [1.29, 1.82) is 0 Å². The van der Waals surface area contributed by atoms with E-state index in [0.29, 0.717) is 0 Å². The standard InChI is InChI=1S/C57H36N2/c1-2-13-39(14-3-1)55-49-18-8-9-19-50(49)56(46-27-26-44-32-41-15-6-7-16-42(41)33-47(44)34-46)51-31-29-45(36-52(51)55)38-22-24-40(25-23-38)57-58-53-20-10-11-21-54(53)59(57)48-30-28-37-12-4-5-17-43(37)35-48/h1-36H. The van der Waals surface area contributed by atoms with Gasteiger partial charge in [0.05, 0.1) is 11.0 Å². The molecule has 0 fully saturated rings. The number of hydrogen-bond acceptors (Lipinski definition) is 1. The zero-order chi connectivity index (χ0) is 38.9. The average Bonchev–Trinajstić information content (AvgIpc) is 3.69. The van der Waals surface area contributed by atoms with Gasteiger partial charge in [0.15, 0.2) is 0 Å². The normalized spacial score (nSPS) is 11.7. The lowest BCUT2D eigenvalue weighted by Gasteiger charge is -2.19. The van der Waals surface area contributed by atoms with Crippen LogP contribution in [0.4, 0.5) is 0 Å². The lowest BCUT2D eigenvalue weighted by Crippen LogP contribution is -1.97. The molecule has 2 nitrogen and oxygen atoms in total. The number of nitrogens with zero attached hydrogens (tertiary/aromatic N) is 2. The SMILES string of the molecule is c1ccc(-c2c3ccccc3c(-c3ccc4cc5ccccc5cc4c3)c3ccc(-c4ccc(-c5nc6ccccc6n5-c5ccc6ccccc6c5)cc4)cc23)cc1. The first-order valence-corrected chi connectivity index (χ1v) is 20.3. The zero-order valence-electron chi connectivity index (χ0n) is 32.2. The number of rotatable bonds is 5. The molecular weight excluding hydrogens is 713 g/mol. The Labute approximate surface area is 341 Å². The molecule has 0 amide bonds. The molecule has 0 radical (unpaired) electrons. The van der Waals surface area contributed by atoms with Crippen molar-refractivity contribution in [2.45, 2.75) is 0 Å². The van der Waals surface area contributed by atoms with Crippen LogP contribution in [0.5, 0.6) is 0 Å². The van der Waals surface area contributed by atoms with Gasteiger partial charge in [-0.3, -0.25) is 4.57 Å². The number of imidazole rings is 1. The number of benzene rings is 11. The molecule has 1 aromatic heterocycles. The van der Waals surface area contributed by atoms with Gasteiger partial charge in [-0.2, -0.15) is 0 Å². The Hall–Kier alpha value is -7.81. The Morgan fingerprint density at radius 3 is 1.61 bits per heavy atom. The molecule has 0 unspecified atom stereocenters. The van der Waals surface area contributed by atoms with Crippen LogP contribution in [0.1, 0.15) is 0 Å². The quantitative estimate of drug-likeness (QED) is 0.160. The summed E-state index contributed by atoms with van der Waals surface area (Å²) in [5, 5.41) is 12.4. The van der Waals surface area contributed by atoms with Crippen molar-refractivity contribution in [2.24, 2.45) is 0 Å². The van der Waals surface area contributed by atoms with Gasteiger partial charge < -0.3 is 0 Å². The third kappa shape index (κ3) is 5.53. The molecule has 11 aromatic carbocycles. The maximum atomic E-state index is 5.19. The van der Waals surface area contributed by atoms with Crippen molar-refractivity contribution in [2.75, 3.05) is 0 Å². The van der Waals surface area contributed by atoms with Crippen LogP contribution in [-0.4, -0.2) is 9.55 Å². The van der Waals surface area contributed by atoms with E-state index < -0.39 is 0 Å². The minimum Gasteiger partial charge on any atom is -0.292 e. The van der Waals surface area contributed by atoms with E-state index in [1.54, 1.807) is 0 Å². The van der Waals surface area contributed by atoms with Crippen LogP contribution >= 0.6 is 0 Å². The second-order valence-corrected chi connectivity index (χ2v) is 15.6. The van der Waals surface area contributed by atoms with Crippen molar-refractivity contribution in [1.82, 2.24) is 9.55 Å². The number of hydrogen-bond donors (Lipinski definition) is 0. The Balaban J connectivity index is 1.03. The molecule has 0 saturated heterocycles. The number of aromatic nitrogens is 2. The van der Waals surface area contributed by atoms with E-state index in [4.69, 9.17) is 4.98 Å². The van der Waals surface area contributed by atoms with Crippen molar-refractivity contribution >= 4 is 64.9 Å². The minimum atomic E-state index is 0.928. The van der Waals surface area contributed by atoms with Gasteiger partial charge >= 0.3 is 0 Å². The molecule has 274 valence electrons. The predicted molar refractivity (Wildman–Crippen MR) is 250 cm³/mol. The zero-order valence-corrected chi connectivity index (χ0v) is 32.2. The summed E-state index contributed by atoms with van der Waals surface area (Å²) in [6.45, 7) is 0. The van der Waals surface area contributed by atoms with Gasteiger partial charge in [0.2, 0.25) is 0 Å². The monoisotopic (exact) mass is 748 g/mol. The summed E-state index contributed by atoms with van der Waals surface area (Å²) in [6.07, 6.45) is 0. The van der Waals surface area contributed by atoms with Gasteiger partial charge in [-0.15, -0.1) is 0 Å². The Morgan fingerprint density at radius 2 is 0.831 bits per heavy atom. The first-order chi connectivity index (χ1) is 29.2. The molecule has 59 heavy (non-hydrogen) atoms. The maximum absolute atomic E-state index is 5.19. The van der Waals surface area contributed by atoms with Crippen LogP contribution in [-0.2, 0) is 0 Å². The highest BCUT2D eigenvalue weighted by Gasteiger charge is 2.19. The van der Waals surface area contributed by atoms with E-state index in [0.717, 1.165) is 33.7 Å². The topological polar surface area (TPSA) is 17.8 Å². The number of para-hydroxylation sites is 2. The van der Waals surface area contributed by atoms with E-state index in [1.165, 1.54) is 81.7 Å². The highest BCUT2D eigenvalue weighted by molar-refractivity contribution is 6.22. The van der Waals surface area contributed by atoms with Crippen molar-refractivity contribution in [3.63, 3.8) is 0 Å². The summed E-state index contributed by atoms with van der Waals surface area (Å²) < 4.78 is 2.29. The molecule has 12 rings (SSSR count). The summed E-state index contributed by atoms with van der Waals surface area (Å²) >= 11 is 0. The van der Waals surface area contributed by atoms with Gasteiger partial charge in [0, 0.05) is 11.3 Å². The van der Waals surface area contributed by atoms with Crippen molar-refractivity contribution in [3.05, 3.63) is 218 Å². The fourth-order valence-corrected chi connectivity index (χ4v) is 9.29. The maximum Gasteiger partial charge on any atom is 0.145 e. The van der Waals surface area contributed by atoms with Crippen LogP contribution in [0.25, 0.3) is 115 Å². The Bertz CT molecular complexity index is 3600. The highest BCUT2D eigenvalue weighted by Crippen LogP contribution is 2.45. The van der Waals surface area contributed by atoms with Crippen LogP contribution < -0.4 is 0 Å². The summed E-state index contributed by atoms with van der Waals surface area (Å²) in [7, 11) is 0. The third-order valence-electron chi connectivity index (χ3n) is 12.1. The van der Waals surface area contributed by atoms with Crippen LogP contribution in [0.15, 0.2) is 218 Å². The van der Waals surface area contributed by atoms with E-state index in [2.05, 4.69) is 223 Å². The molecular formula is C57H36N2. The van der Waals surface area contributed by atoms with Crippen molar-refractivity contribution < 1.29 is 0 Å². The summed E-state index contributed by atoms with van der Waals surface area (Å²) in [5.74, 6) is 0.928. The molecule has 0 bridgehead atoms. The second kappa shape index (κ2) is 13.4. The molecule has 12 aromatic rings. The lowest BCUT2D eigenvalue weighted by atomic mass is 9.84. The first-order valence-electron chi connectivity index (χ1n) is 20.3. The van der Waals surface area contributed by atoms with Gasteiger partial charge in [-0.25, -0.2) is 4.98 Å². The molecule has 0 aliphatic carbocycles. The third-order valence-corrected chi connectivity index (χ3v) is 12.1. The van der Waals surface area contributed by atoms with Crippen LogP contribution in [0.3, 0.4) is 0 Å². The fourth-order valence-electron chi connectivity index (χ4n) is 9.29. The smallest absolute Gasteiger partial charge is 0.145 e. The molecule has 1 heterocycles. The molecule has 0 N–H and O–H groups in total. The van der Waals surface area contributed by atoms with Crippen LogP contribution in [0, 0.1) is 0 Å². The second-order valence-electron chi connectivity index (χ2n) is 15.6. The van der Waals surface area contributed by atoms with Crippen molar-refractivity contribution in [3.8, 4) is 50.5 Å². The summed E-state index contributed by atoms with van der Waals surface area (Å²) in [4.78, 5) is 5.19. The minimum absolute atomic E-state index is 0.928. The van der Waals surface area contributed by atoms with E-state index >= 15 is 0 Å². The first kappa shape index (κ1) is 33.3. The van der Waals surface area contributed by atoms with Gasteiger partial charge in [-0.1, -0.05) is 170 Å². The Morgan fingerprint density at radius 1 is 0.288 bits per heavy atom. The summed E-state index contributed by atoms with van der Waals surface area (Å²) in [5.41, 5.74) is 11.5. The molecule has 2 heteroatoms. The van der Waals surface area contributed by atoms with Gasteiger partial charge in [-0.05, 0) is 136 Å². The molecule has 0 spiro atoms. The van der Waals surface area contributed by atoms with E-state index in [9.17, 15) is 0 Å². The largest absolute Gasteiger partial charge is 0.292 e. The average molecular weight is 749 g/mol. The number of fused-ring (bicyclic) bond motifs is 6. The van der Waals surface area contributed by atoms with E-state index in [-0.39, 0.29) is 0 Å².